The lowest BCUT2D eigenvalue weighted by Gasteiger charge is -2.19. The molecule has 0 aliphatic heterocycles. The number of allylic oxidation sites excluding steroid dienone is 3. The molecule has 0 aromatic rings. The van der Waals surface area contributed by atoms with E-state index >= 15 is 0 Å². The highest BCUT2D eigenvalue weighted by Crippen LogP contribution is 2.15. The van der Waals surface area contributed by atoms with Gasteiger partial charge in [0.25, 0.3) is 0 Å². The number of aliphatic hydroxyl groups excluding tert-OH is 2. The van der Waals surface area contributed by atoms with E-state index in [4.69, 9.17) is 0 Å². The van der Waals surface area contributed by atoms with Crippen LogP contribution in [0.3, 0.4) is 0 Å². The molecule has 0 aliphatic carbocycles. The third-order valence-electron chi connectivity index (χ3n) is 8.94. The van der Waals surface area contributed by atoms with Gasteiger partial charge in [-0.15, -0.1) is 0 Å². The first-order valence-electron chi connectivity index (χ1n) is 19.6. The van der Waals surface area contributed by atoms with Gasteiger partial charge in [0, 0.05) is 6.42 Å². The fraction of sp³-hybridized carbons (Fsp3) is 0.875. The molecule has 0 aromatic heterocycles. The standard InChI is InChI=1S/C40H77NO3/c1-3-5-7-9-11-13-15-17-19-20-21-22-24-26-28-30-32-34-36-40(44)41-38(37-42)39(43)35-33-31-29-27-25-23-18-16-14-12-10-8-6-4-2/h25,27,33,35,38-39,42-43H,3-24,26,28-32,34,36-37H2,1-2H3,(H,41,44)/b27-25+,35-33+/t38-,39+/m0/s1. The molecule has 0 spiro atoms. The molecule has 0 unspecified atom stereocenters. The van der Waals surface area contributed by atoms with Crippen molar-refractivity contribution < 1.29 is 15.0 Å². The number of carbonyl (C=O) groups is 1. The van der Waals surface area contributed by atoms with Crippen molar-refractivity contribution in [3.8, 4) is 0 Å². The maximum atomic E-state index is 12.3. The smallest absolute Gasteiger partial charge is 0.220 e. The fourth-order valence-electron chi connectivity index (χ4n) is 5.90. The molecule has 4 nitrogen and oxygen atoms in total. The zero-order valence-corrected chi connectivity index (χ0v) is 29.7. The Kier molecular flexibility index (Phi) is 35.4. The van der Waals surface area contributed by atoms with Crippen LogP contribution in [0.5, 0.6) is 0 Å². The largest absolute Gasteiger partial charge is 0.394 e. The Morgan fingerprint density at radius 1 is 0.523 bits per heavy atom. The molecule has 44 heavy (non-hydrogen) atoms. The van der Waals surface area contributed by atoms with Gasteiger partial charge in [0.15, 0.2) is 0 Å². The van der Waals surface area contributed by atoms with E-state index in [1.165, 1.54) is 154 Å². The van der Waals surface area contributed by atoms with Crippen LogP contribution in [0.4, 0.5) is 0 Å². The Morgan fingerprint density at radius 3 is 1.32 bits per heavy atom. The topological polar surface area (TPSA) is 69.6 Å². The second kappa shape index (κ2) is 36.3. The summed E-state index contributed by atoms with van der Waals surface area (Å²) >= 11 is 0. The van der Waals surface area contributed by atoms with Gasteiger partial charge in [-0.05, 0) is 32.1 Å². The first kappa shape index (κ1) is 42.9. The highest BCUT2D eigenvalue weighted by atomic mass is 16.3. The van der Waals surface area contributed by atoms with Crippen molar-refractivity contribution in [2.45, 2.75) is 219 Å². The summed E-state index contributed by atoms with van der Waals surface area (Å²) in [7, 11) is 0. The quantitative estimate of drug-likeness (QED) is 0.0488. The monoisotopic (exact) mass is 620 g/mol. The number of unbranched alkanes of at least 4 members (excludes halogenated alkanes) is 26. The summed E-state index contributed by atoms with van der Waals surface area (Å²) in [5.41, 5.74) is 0. The van der Waals surface area contributed by atoms with Crippen LogP contribution in [0.15, 0.2) is 24.3 Å². The van der Waals surface area contributed by atoms with E-state index < -0.39 is 12.1 Å². The zero-order chi connectivity index (χ0) is 32.2. The predicted molar refractivity (Wildman–Crippen MR) is 193 cm³/mol. The Morgan fingerprint density at radius 2 is 0.886 bits per heavy atom. The molecule has 260 valence electrons. The van der Waals surface area contributed by atoms with Gasteiger partial charge in [0.2, 0.25) is 5.91 Å². The molecule has 0 saturated carbocycles. The Balaban J connectivity index is 3.60. The molecule has 1 amide bonds. The van der Waals surface area contributed by atoms with Crippen LogP contribution in [0, 0.1) is 0 Å². The van der Waals surface area contributed by atoms with Gasteiger partial charge < -0.3 is 15.5 Å². The van der Waals surface area contributed by atoms with Crippen molar-refractivity contribution in [1.29, 1.82) is 0 Å². The minimum absolute atomic E-state index is 0.0723. The molecule has 0 rings (SSSR count). The first-order chi connectivity index (χ1) is 21.7. The Labute approximate surface area is 275 Å². The van der Waals surface area contributed by atoms with E-state index in [1.807, 2.05) is 6.08 Å². The highest BCUT2D eigenvalue weighted by Gasteiger charge is 2.17. The van der Waals surface area contributed by atoms with Gasteiger partial charge in [-0.25, -0.2) is 0 Å². The van der Waals surface area contributed by atoms with Crippen molar-refractivity contribution in [3.63, 3.8) is 0 Å². The molecule has 0 aromatic carbocycles. The number of hydrogen-bond acceptors (Lipinski definition) is 3. The molecule has 0 bridgehead atoms. The lowest BCUT2D eigenvalue weighted by atomic mass is 10.0. The molecule has 0 heterocycles. The molecule has 3 N–H and O–H groups in total. The average molecular weight is 620 g/mol. The van der Waals surface area contributed by atoms with E-state index in [0.717, 1.165) is 32.1 Å². The summed E-state index contributed by atoms with van der Waals surface area (Å²) in [6.07, 6.45) is 45.5. The lowest BCUT2D eigenvalue weighted by molar-refractivity contribution is -0.123. The summed E-state index contributed by atoms with van der Waals surface area (Å²) in [4.78, 5) is 12.3. The number of rotatable bonds is 35. The maximum absolute atomic E-state index is 12.3. The molecule has 0 fully saturated rings. The zero-order valence-electron chi connectivity index (χ0n) is 29.7. The SMILES string of the molecule is CCCCCCCCCC/C=C/CC/C=C/[C@@H](O)[C@H](CO)NC(=O)CCCCCCCCCCCCCCCCCCCC. The van der Waals surface area contributed by atoms with Crippen LogP contribution in [-0.2, 0) is 4.79 Å². The molecular formula is C40H77NO3. The summed E-state index contributed by atoms with van der Waals surface area (Å²) < 4.78 is 0. The number of amides is 1. The van der Waals surface area contributed by atoms with Crippen LogP contribution >= 0.6 is 0 Å². The Hall–Kier alpha value is -1.13. The molecule has 0 saturated heterocycles. The lowest BCUT2D eigenvalue weighted by Crippen LogP contribution is -2.45. The highest BCUT2D eigenvalue weighted by molar-refractivity contribution is 5.76. The Bertz CT molecular complexity index is 632. The number of aliphatic hydroxyl groups is 2. The predicted octanol–water partition coefficient (Wildman–Crippen LogP) is 11.7. The second-order valence-electron chi connectivity index (χ2n) is 13.3. The van der Waals surface area contributed by atoms with Gasteiger partial charge in [-0.3, -0.25) is 4.79 Å². The molecule has 2 atom stereocenters. The van der Waals surface area contributed by atoms with E-state index in [0.29, 0.717) is 6.42 Å². The maximum Gasteiger partial charge on any atom is 0.220 e. The van der Waals surface area contributed by atoms with Crippen molar-refractivity contribution in [3.05, 3.63) is 24.3 Å². The van der Waals surface area contributed by atoms with Gasteiger partial charge in [0.05, 0.1) is 18.8 Å². The summed E-state index contributed by atoms with van der Waals surface area (Å²) in [5.74, 6) is -0.0723. The van der Waals surface area contributed by atoms with Crippen LogP contribution in [0.1, 0.15) is 206 Å². The van der Waals surface area contributed by atoms with Crippen molar-refractivity contribution in [1.82, 2.24) is 5.32 Å². The summed E-state index contributed by atoms with van der Waals surface area (Å²) in [6.45, 7) is 4.29. The molecule has 0 aliphatic rings. The summed E-state index contributed by atoms with van der Waals surface area (Å²) in [5, 5.41) is 22.9. The average Bonchev–Trinajstić information content (AvgIpc) is 3.03. The van der Waals surface area contributed by atoms with Crippen molar-refractivity contribution in [2.24, 2.45) is 0 Å². The molecule has 0 radical (unpaired) electrons. The minimum atomic E-state index is -0.856. The number of hydrogen-bond donors (Lipinski definition) is 3. The third kappa shape index (κ3) is 32.3. The van der Waals surface area contributed by atoms with Gasteiger partial charge in [-0.2, -0.15) is 0 Å². The third-order valence-corrected chi connectivity index (χ3v) is 8.94. The molecule has 4 heteroatoms. The van der Waals surface area contributed by atoms with E-state index in [1.54, 1.807) is 6.08 Å². The van der Waals surface area contributed by atoms with E-state index in [9.17, 15) is 15.0 Å². The van der Waals surface area contributed by atoms with Crippen LogP contribution in [0.2, 0.25) is 0 Å². The van der Waals surface area contributed by atoms with Crippen LogP contribution in [0.25, 0.3) is 0 Å². The van der Waals surface area contributed by atoms with Gasteiger partial charge >= 0.3 is 0 Å². The minimum Gasteiger partial charge on any atom is -0.394 e. The fourth-order valence-corrected chi connectivity index (χ4v) is 5.90. The second-order valence-corrected chi connectivity index (χ2v) is 13.3. The van der Waals surface area contributed by atoms with Gasteiger partial charge in [0.1, 0.15) is 0 Å². The van der Waals surface area contributed by atoms with Crippen LogP contribution < -0.4 is 5.32 Å². The number of nitrogens with one attached hydrogen (secondary N) is 1. The van der Waals surface area contributed by atoms with Crippen molar-refractivity contribution >= 4 is 5.91 Å². The van der Waals surface area contributed by atoms with E-state index in [-0.39, 0.29) is 12.5 Å². The normalized spacial score (nSPS) is 13.3. The molecular weight excluding hydrogens is 542 g/mol. The number of carbonyl (C=O) groups excluding carboxylic acids is 1. The summed E-state index contributed by atoms with van der Waals surface area (Å²) in [6, 6.07) is -0.633. The van der Waals surface area contributed by atoms with E-state index in [2.05, 4.69) is 31.3 Å². The van der Waals surface area contributed by atoms with Crippen LogP contribution in [-0.4, -0.2) is 34.9 Å². The van der Waals surface area contributed by atoms with Crippen molar-refractivity contribution in [2.75, 3.05) is 6.61 Å². The van der Waals surface area contributed by atoms with Gasteiger partial charge in [-0.1, -0.05) is 192 Å². The first-order valence-corrected chi connectivity index (χ1v) is 19.6.